The zero-order chi connectivity index (χ0) is 14.4. The van der Waals surface area contributed by atoms with Gasteiger partial charge in [-0.2, -0.15) is 5.10 Å². The largest absolute Gasteiger partial charge is 0.496 e. The lowest BCUT2D eigenvalue weighted by Gasteiger charge is -2.07. The van der Waals surface area contributed by atoms with E-state index in [0.29, 0.717) is 16.6 Å². The molecule has 0 aliphatic heterocycles. The van der Waals surface area contributed by atoms with Gasteiger partial charge < -0.3 is 10.2 Å². The van der Waals surface area contributed by atoms with Crippen LogP contribution in [0, 0.1) is 0 Å². The maximum absolute atomic E-state index is 6.05. The third kappa shape index (κ3) is 3.89. The van der Waals surface area contributed by atoms with E-state index in [1.54, 1.807) is 25.5 Å². The van der Waals surface area contributed by atoms with E-state index in [-0.39, 0.29) is 0 Å². The Bertz CT molecular complexity index is 615. The van der Waals surface area contributed by atoms with Crippen LogP contribution in [0.4, 0.5) is 0 Å². The van der Waals surface area contributed by atoms with Crippen molar-refractivity contribution in [3.8, 4) is 5.75 Å². The molecule has 0 amide bonds. The molecule has 0 radical (unpaired) electrons. The van der Waals surface area contributed by atoms with Crippen LogP contribution in [0.5, 0.6) is 5.75 Å². The summed E-state index contributed by atoms with van der Waals surface area (Å²) >= 11 is 11.9. The second-order valence-electron chi connectivity index (χ2n) is 4.07. The van der Waals surface area contributed by atoms with Crippen LogP contribution in [0.25, 0.3) is 0 Å². The number of nitrogens with one attached hydrogen (secondary N) is 1. The first-order valence-electron chi connectivity index (χ1n) is 6.03. The van der Waals surface area contributed by atoms with E-state index in [2.05, 4.69) is 10.5 Å². The first kappa shape index (κ1) is 14.7. The number of hydrogen-bond acceptors (Lipinski definition) is 3. The topological polar surface area (TPSA) is 33.6 Å². The van der Waals surface area contributed by atoms with Crippen molar-refractivity contribution in [1.29, 1.82) is 0 Å². The first-order chi connectivity index (χ1) is 9.70. The summed E-state index contributed by atoms with van der Waals surface area (Å²) in [5.41, 5.74) is 4.81. The SMILES string of the molecule is COc1ccccc1CN/N=C/c1ccc(Cl)cc1Cl. The number of rotatable bonds is 5. The molecule has 3 nitrogen and oxygen atoms in total. The summed E-state index contributed by atoms with van der Waals surface area (Å²) in [7, 11) is 1.65. The number of benzene rings is 2. The van der Waals surface area contributed by atoms with Crippen molar-refractivity contribution in [2.75, 3.05) is 7.11 Å². The van der Waals surface area contributed by atoms with Gasteiger partial charge in [-0.05, 0) is 18.2 Å². The molecule has 2 aromatic carbocycles. The first-order valence-corrected chi connectivity index (χ1v) is 6.79. The number of nitrogens with zero attached hydrogens (tertiary/aromatic N) is 1. The van der Waals surface area contributed by atoms with Gasteiger partial charge in [-0.25, -0.2) is 0 Å². The van der Waals surface area contributed by atoms with Gasteiger partial charge in [0.25, 0.3) is 0 Å². The Balaban J connectivity index is 1.97. The molecule has 0 fully saturated rings. The fourth-order valence-corrected chi connectivity index (χ4v) is 2.16. The van der Waals surface area contributed by atoms with E-state index in [1.807, 2.05) is 30.3 Å². The highest BCUT2D eigenvalue weighted by molar-refractivity contribution is 6.36. The van der Waals surface area contributed by atoms with Crippen molar-refractivity contribution in [1.82, 2.24) is 5.43 Å². The van der Waals surface area contributed by atoms with E-state index < -0.39 is 0 Å². The van der Waals surface area contributed by atoms with E-state index >= 15 is 0 Å². The zero-order valence-electron chi connectivity index (χ0n) is 10.9. The molecule has 5 heteroatoms. The molecule has 0 spiro atoms. The predicted octanol–water partition coefficient (Wildman–Crippen LogP) is 4.13. The molecule has 1 N–H and O–H groups in total. The molecule has 0 aliphatic carbocycles. The zero-order valence-corrected chi connectivity index (χ0v) is 12.4. The minimum atomic E-state index is 0.570. The van der Waals surface area contributed by atoms with Gasteiger partial charge in [-0.15, -0.1) is 0 Å². The van der Waals surface area contributed by atoms with Gasteiger partial charge in [-0.3, -0.25) is 0 Å². The minimum Gasteiger partial charge on any atom is -0.496 e. The highest BCUT2D eigenvalue weighted by atomic mass is 35.5. The van der Waals surface area contributed by atoms with Crippen molar-refractivity contribution >= 4 is 29.4 Å². The number of ether oxygens (including phenoxy) is 1. The average molecular weight is 309 g/mol. The summed E-state index contributed by atoms with van der Waals surface area (Å²) in [5.74, 6) is 0.833. The summed E-state index contributed by atoms with van der Waals surface area (Å²) in [6.45, 7) is 0.575. The lowest BCUT2D eigenvalue weighted by molar-refractivity contribution is 0.408. The lowest BCUT2D eigenvalue weighted by Crippen LogP contribution is -2.06. The number of para-hydroxylation sites is 1. The Hall–Kier alpha value is -1.71. The van der Waals surface area contributed by atoms with Gasteiger partial charge in [0.2, 0.25) is 0 Å². The molecule has 0 bridgehead atoms. The van der Waals surface area contributed by atoms with Crippen molar-refractivity contribution in [2.45, 2.75) is 6.54 Å². The van der Waals surface area contributed by atoms with Gasteiger partial charge in [-0.1, -0.05) is 47.5 Å². The Morgan fingerprint density at radius 3 is 2.75 bits per heavy atom. The summed E-state index contributed by atoms with van der Waals surface area (Å²) in [6.07, 6.45) is 1.66. The number of hydrazone groups is 1. The van der Waals surface area contributed by atoms with Crippen molar-refractivity contribution in [3.63, 3.8) is 0 Å². The normalized spacial score (nSPS) is 10.8. The van der Waals surface area contributed by atoms with Crippen molar-refractivity contribution < 1.29 is 4.74 Å². The second-order valence-corrected chi connectivity index (χ2v) is 4.91. The van der Waals surface area contributed by atoms with Gasteiger partial charge in [0.15, 0.2) is 0 Å². The molecule has 2 rings (SSSR count). The standard InChI is InChI=1S/C15H14Cl2N2O/c1-20-15-5-3-2-4-12(15)10-19-18-9-11-6-7-13(16)8-14(11)17/h2-9,19H,10H2,1H3/b18-9+. The van der Waals surface area contributed by atoms with E-state index in [9.17, 15) is 0 Å². The maximum atomic E-state index is 6.05. The van der Waals surface area contributed by atoms with Crippen LogP contribution in [0.3, 0.4) is 0 Å². The molecule has 0 unspecified atom stereocenters. The van der Waals surface area contributed by atoms with Crippen molar-refractivity contribution in [2.24, 2.45) is 5.10 Å². The monoisotopic (exact) mass is 308 g/mol. The number of halogens is 2. The predicted molar refractivity (Wildman–Crippen MR) is 83.9 cm³/mol. The fraction of sp³-hybridized carbons (Fsp3) is 0.133. The molecular formula is C15H14Cl2N2O. The molecular weight excluding hydrogens is 295 g/mol. The second kappa shape index (κ2) is 7.17. The highest BCUT2D eigenvalue weighted by Crippen LogP contribution is 2.19. The van der Waals surface area contributed by atoms with Crippen LogP contribution in [-0.2, 0) is 6.54 Å². The maximum Gasteiger partial charge on any atom is 0.123 e. The molecule has 0 saturated carbocycles. The molecule has 0 aromatic heterocycles. The number of methoxy groups -OCH3 is 1. The summed E-state index contributed by atoms with van der Waals surface area (Å²) in [4.78, 5) is 0. The summed E-state index contributed by atoms with van der Waals surface area (Å²) in [5, 5.41) is 5.32. The molecule has 104 valence electrons. The molecule has 0 heterocycles. The third-order valence-electron chi connectivity index (χ3n) is 2.72. The molecule has 0 atom stereocenters. The molecule has 2 aromatic rings. The third-order valence-corrected chi connectivity index (χ3v) is 3.28. The van der Waals surface area contributed by atoms with Crippen molar-refractivity contribution in [3.05, 3.63) is 63.6 Å². The fourth-order valence-electron chi connectivity index (χ4n) is 1.70. The van der Waals surface area contributed by atoms with Gasteiger partial charge in [0.1, 0.15) is 5.75 Å². The Morgan fingerprint density at radius 1 is 1.20 bits per heavy atom. The van der Waals surface area contributed by atoms with Crippen LogP contribution in [0.15, 0.2) is 47.6 Å². The molecule has 20 heavy (non-hydrogen) atoms. The van der Waals surface area contributed by atoms with Crippen LogP contribution >= 0.6 is 23.2 Å². The van der Waals surface area contributed by atoms with E-state index in [1.165, 1.54) is 0 Å². The quantitative estimate of drug-likeness (QED) is 0.665. The van der Waals surface area contributed by atoms with E-state index in [0.717, 1.165) is 16.9 Å². The van der Waals surface area contributed by atoms with E-state index in [4.69, 9.17) is 27.9 Å². The lowest BCUT2D eigenvalue weighted by atomic mass is 10.2. The Labute approximate surface area is 128 Å². The van der Waals surface area contributed by atoms with Gasteiger partial charge in [0, 0.05) is 16.1 Å². The van der Waals surface area contributed by atoms with Gasteiger partial charge >= 0.3 is 0 Å². The summed E-state index contributed by atoms with van der Waals surface area (Å²) < 4.78 is 5.27. The van der Waals surface area contributed by atoms with Crippen LogP contribution < -0.4 is 10.2 Å². The smallest absolute Gasteiger partial charge is 0.123 e. The van der Waals surface area contributed by atoms with Crippen LogP contribution in [0.2, 0.25) is 10.0 Å². The minimum absolute atomic E-state index is 0.570. The Morgan fingerprint density at radius 2 is 2.00 bits per heavy atom. The summed E-state index contributed by atoms with van der Waals surface area (Å²) in [6, 6.07) is 13.1. The molecule has 0 aliphatic rings. The Kier molecular flexibility index (Phi) is 5.27. The average Bonchev–Trinajstić information content (AvgIpc) is 2.46. The number of hydrogen-bond donors (Lipinski definition) is 1. The van der Waals surface area contributed by atoms with Crippen LogP contribution in [0.1, 0.15) is 11.1 Å². The van der Waals surface area contributed by atoms with Gasteiger partial charge in [0.05, 0.1) is 24.9 Å². The highest BCUT2D eigenvalue weighted by Gasteiger charge is 2.00. The van der Waals surface area contributed by atoms with Crippen LogP contribution in [-0.4, -0.2) is 13.3 Å². The molecule has 0 saturated heterocycles.